The number of hydrogen-bond acceptors (Lipinski definition) is 4. The van der Waals surface area contributed by atoms with Gasteiger partial charge in [-0.05, 0) is 43.2 Å². The molecule has 0 saturated carbocycles. The van der Waals surface area contributed by atoms with Crippen molar-refractivity contribution in [2.24, 2.45) is 4.99 Å². The van der Waals surface area contributed by atoms with Gasteiger partial charge in [0.1, 0.15) is 18.2 Å². The summed E-state index contributed by atoms with van der Waals surface area (Å²) < 4.78 is 42.0. The van der Waals surface area contributed by atoms with Crippen LogP contribution in [0.15, 0.2) is 52.4 Å². The molecule has 2 aromatic carbocycles. The molecule has 0 aliphatic carbocycles. The van der Waals surface area contributed by atoms with Crippen LogP contribution in [-0.4, -0.2) is 40.3 Å². The highest BCUT2D eigenvalue weighted by atomic mass is 32.2. The molecular formula is C20H26FN3O3S. The predicted molar refractivity (Wildman–Crippen MR) is 109 cm³/mol. The molecule has 0 spiro atoms. The van der Waals surface area contributed by atoms with Crippen molar-refractivity contribution in [2.45, 2.75) is 25.3 Å². The van der Waals surface area contributed by atoms with Gasteiger partial charge in [0.05, 0.1) is 18.0 Å². The molecule has 152 valence electrons. The van der Waals surface area contributed by atoms with Crippen molar-refractivity contribution in [3.05, 3.63) is 59.4 Å². The van der Waals surface area contributed by atoms with Crippen molar-refractivity contribution in [2.75, 3.05) is 26.0 Å². The van der Waals surface area contributed by atoms with Gasteiger partial charge in [-0.3, -0.25) is 0 Å². The van der Waals surface area contributed by atoms with Crippen LogP contribution in [0, 0.1) is 12.7 Å². The molecule has 2 N–H and O–H groups in total. The highest BCUT2D eigenvalue weighted by molar-refractivity contribution is 7.90. The Morgan fingerprint density at radius 2 is 1.96 bits per heavy atom. The van der Waals surface area contributed by atoms with E-state index >= 15 is 0 Å². The summed E-state index contributed by atoms with van der Waals surface area (Å²) in [6.45, 7) is 5.69. The molecule has 2 aromatic rings. The maximum Gasteiger partial charge on any atom is 0.191 e. The summed E-state index contributed by atoms with van der Waals surface area (Å²) in [5, 5.41) is 6.29. The molecule has 0 saturated heterocycles. The maximum absolute atomic E-state index is 13.1. The molecule has 0 aliphatic rings. The summed E-state index contributed by atoms with van der Waals surface area (Å²) in [5.74, 6) is 0.762. The molecule has 0 heterocycles. The molecule has 0 atom stereocenters. The van der Waals surface area contributed by atoms with Crippen molar-refractivity contribution in [1.29, 1.82) is 0 Å². The van der Waals surface area contributed by atoms with Crippen LogP contribution in [0.4, 0.5) is 4.39 Å². The van der Waals surface area contributed by atoms with Crippen molar-refractivity contribution >= 4 is 15.8 Å². The fraction of sp³-hybridized carbons (Fsp3) is 0.350. The smallest absolute Gasteiger partial charge is 0.191 e. The summed E-state index contributed by atoms with van der Waals surface area (Å²) in [6.07, 6.45) is 1.20. The molecule has 0 aliphatic heterocycles. The quantitative estimate of drug-likeness (QED) is 0.400. The lowest BCUT2D eigenvalue weighted by Gasteiger charge is -2.12. The van der Waals surface area contributed by atoms with Gasteiger partial charge in [-0.15, -0.1) is 0 Å². The molecule has 0 radical (unpaired) electrons. The highest BCUT2D eigenvalue weighted by Gasteiger charge is 2.10. The van der Waals surface area contributed by atoms with Gasteiger partial charge in [0.15, 0.2) is 15.8 Å². The Labute approximate surface area is 165 Å². The van der Waals surface area contributed by atoms with Crippen LogP contribution in [0.1, 0.15) is 18.1 Å². The first-order valence-electron chi connectivity index (χ1n) is 8.99. The lowest BCUT2D eigenvalue weighted by Crippen LogP contribution is -2.39. The number of benzene rings is 2. The van der Waals surface area contributed by atoms with Gasteiger partial charge < -0.3 is 15.4 Å². The molecule has 0 bridgehead atoms. The van der Waals surface area contributed by atoms with Gasteiger partial charge in [-0.2, -0.15) is 0 Å². The molecule has 2 rings (SSSR count). The van der Waals surface area contributed by atoms with Gasteiger partial charge >= 0.3 is 0 Å². The average Bonchev–Trinajstić information content (AvgIpc) is 2.62. The summed E-state index contributed by atoms with van der Waals surface area (Å²) in [4.78, 5) is 4.84. The number of guanidine groups is 1. The first kappa shape index (κ1) is 21.7. The Hall–Kier alpha value is -2.61. The Morgan fingerprint density at radius 3 is 2.61 bits per heavy atom. The summed E-state index contributed by atoms with van der Waals surface area (Å²) in [7, 11) is -3.23. The molecule has 8 heteroatoms. The second-order valence-electron chi connectivity index (χ2n) is 6.30. The van der Waals surface area contributed by atoms with Crippen LogP contribution in [-0.2, 0) is 16.4 Å². The highest BCUT2D eigenvalue weighted by Crippen LogP contribution is 2.17. The molecule has 0 unspecified atom stereocenters. The minimum absolute atomic E-state index is 0.333. The van der Waals surface area contributed by atoms with Gasteiger partial charge in [-0.25, -0.2) is 17.8 Å². The van der Waals surface area contributed by atoms with Crippen molar-refractivity contribution < 1.29 is 17.5 Å². The van der Waals surface area contributed by atoms with E-state index in [1.54, 1.807) is 31.2 Å². The van der Waals surface area contributed by atoms with Crippen molar-refractivity contribution in [3.8, 4) is 5.75 Å². The maximum atomic E-state index is 13.1. The number of rotatable bonds is 8. The van der Waals surface area contributed by atoms with Crippen LogP contribution in [0.5, 0.6) is 5.75 Å². The number of nitrogens with zero attached hydrogens (tertiary/aromatic N) is 1. The third-order valence-corrected chi connectivity index (χ3v) is 5.12. The third kappa shape index (κ3) is 6.84. The number of aliphatic imine (C=N–C) groups is 1. The number of nitrogens with one attached hydrogen (secondary N) is 2. The lowest BCUT2D eigenvalue weighted by atomic mass is 10.1. The zero-order chi connectivity index (χ0) is 20.6. The Bertz CT molecular complexity index is 930. The Balaban J connectivity index is 1.92. The molecule has 28 heavy (non-hydrogen) atoms. The van der Waals surface area contributed by atoms with E-state index in [2.05, 4.69) is 15.6 Å². The topological polar surface area (TPSA) is 79.8 Å². The van der Waals surface area contributed by atoms with Gasteiger partial charge in [-0.1, -0.05) is 18.2 Å². The summed E-state index contributed by atoms with van der Waals surface area (Å²) in [5.41, 5.74) is 1.62. The first-order valence-corrected chi connectivity index (χ1v) is 10.9. The fourth-order valence-corrected chi connectivity index (χ4v) is 3.59. The molecular weight excluding hydrogens is 381 g/mol. The number of sulfone groups is 1. The van der Waals surface area contributed by atoms with Crippen molar-refractivity contribution in [3.63, 3.8) is 0 Å². The van der Waals surface area contributed by atoms with E-state index < -0.39 is 9.84 Å². The van der Waals surface area contributed by atoms with Crippen LogP contribution < -0.4 is 15.4 Å². The van der Waals surface area contributed by atoms with E-state index in [0.717, 1.165) is 5.56 Å². The van der Waals surface area contributed by atoms with Gasteiger partial charge in [0.25, 0.3) is 0 Å². The van der Waals surface area contributed by atoms with Crippen LogP contribution >= 0.6 is 0 Å². The van der Waals surface area contributed by atoms with E-state index in [9.17, 15) is 12.8 Å². The van der Waals surface area contributed by atoms with Crippen molar-refractivity contribution in [1.82, 2.24) is 10.6 Å². The minimum atomic E-state index is -3.23. The first-order chi connectivity index (χ1) is 13.3. The molecule has 0 amide bonds. The number of hydrogen-bond donors (Lipinski definition) is 2. The SMILES string of the molecule is CCNC(=NCc1ccc(S(C)(=O)=O)c(C)c1)NCCOc1cccc(F)c1. The monoisotopic (exact) mass is 407 g/mol. The number of ether oxygens (including phenoxy) is 1. The van der Waals surface area contributed by atoms with Crippen LogP contribution in [0.25, 0.3) is 0 Å². The Kier molecular flexibility index (Phi) is 7.80. The second-order valence-corrected chi connectivity index (χ2v) is 8.28. The van der Waals surface area contributed by atoms with Crippen LogP contribution in [0.3, 0.4) is 0 Å². The fourth-order valence-electron chi connectivity index (χ4n) is 2.63. The third-order valence-electron chi connectivity index (χ3n) is 3.86. The lowest BCUT2D eigenvalue weighted by molar-refractivity contribution is 0.320. The minimum Gasteiger partial charge on any atom is -0.492 e. The molecule has 6 nitrogen and oxygen atoms in total. The van der Waals surface area contributed by atoms with Gasteiger partial charge in [0, 0.05) is 18.9 Å². The van der Waals surface area contributed by atoms with E-state index in [1.807, 2.05) is 13.0 Å². The van der Waals surface area contributed by atoms with Crippen LogP contribution in [0.2, 0.25) is 0 Å². The predicted octanol–water partition coefficient (Wildman–Crippen LogP) is 2.67. The summed E-state index contributed by atoms with van der Waals surface area (Å²) in [6, 6.07) is 11.2. The standard InChI is InChI=1S/C20H26FN3O3S/c1-4-22-20(23-10-11-27-18-7-5-6-17(21)13-18)24-14-16-8-9-19(15(2)12-16)28(3,25)26/h5-9,12-13H,4,10-11,14H2,1-3H3,(H2,22,23,24). The number of aryl methyl sites for hydroxylation is 1. The van der Waals surface area contributed by atoms with E-state index in [-0.39, 0.29) is 5.82 Å². The van der Waals surface area contributed by atoms with E-state index in [4.69, 9.17) is 4.74 Å². The largest absolute Gasteiger partial charge is 0.492 e. The normalized spacial score (nSPS) is 11.9. The average molecular weight is 408 g/mol. The molecule has 0 aromatic heterocycles. The molecule has 0 fully saturated rings. The zero-order valence-corrected chi connectivity index (χ0v) is 17.1. The van der Waals surface area contributed by atoms with E-state index in [0.29, 0.717) is 48.4 Å². The number of halogens is 1. The second kappa shape index (κ2) is 10.1. The van der Waals surface area contributed by atoms with Gasteiger partial charge in [0.2, 0.25) is 0 Å². The van der Waals surface area contributed by atoms with E-state index in [1.165, 1.54) is 18.4 Å². The Morgan fingerprint density at radius 1 is 1.18 bits per heavy atom. The zero-order valence-electron chi connectivity index (χ0n) is 16.3. The summed E-state index contributed by atoms with van der Waals surface area (Å²) >= 11 is 0.